The smallest absolute Gasteiger partial charge is 0.268 e. The summed E-state index contributed by atoms with van der Waals surface area (Å²) in [6, 6.07) is 15.5. The van der Waals surface area contributed by atoms with Crippen LogP contribution in [0.25, 0.3) is 0 Å². The van der Waals surface area contributed by atoms with Gasteiger partial charge < -0.3 is 10.1 Å². The fourth-order valence-electron chi connectivity index (χ4n) is 3.02. The molecule has 0 aliphatic heterocycles. The summed E-state index contributed by atoms with van der Waals surface area (Å²) in [5, 5.41) is 2.77. The molecule has 3 rings (SSSR count). The van der Waals surface area contributed by atoms with E-state index in [1.165, 1.54) is 7.11 Å². The molecule has 0 saturated carbocycles. The number of hydrogen-bond donors (Lipinski definition) is 1. The molecular formula is C23H25N3O4S. The van der Waals surface area contributed by atoms with Crippen molar-refractivity contribution in [2.75, 3.05) is 18.0 Å². The maximum atomic E-state index is 13.6. The summed E-state index contributed by atoms with van der Waals surface area (Å²) in [4.78, 5) is 16.7. The van der Waals surface area contributed by atoms with Gasteiger partial charge in [-0.15, -0.1) is 0 Å². The number of benzene rings is 2. The van der Waals surface area contributed by atoms with Gasteiger partial charge in [0.15, 0.2) is 0 Å². The normalized spacial score (nSPS) is 11.1. The minimum absolute atomic E-state index is 0.0116. The Morgan fingerprint density at radius 3 is 2.29 bits per heavy atom. The predicted molar refractivity (Wildman–Crippen MR) is 120 cm³/mol. The van der Waals surface area contributed by atoms with E-state index >= 15 is 0 Å². The van der Waals surface area contributed by atoms with Crippen LogP contribution in [0, 0.1) is 13.8 Å². The second-order valence-corrected chi connectivity index (χ2v) is 8.96. The van der Waals surface area contributed by atoms with Crippen molar-refractivity contribution in [3.63, 3.8) is 0 Å². The first-order chi connectivity index (χ1) is 14.8. The van der Waals surface area contributed by atoms with Crippen LogP contribution in [-0.2, 0) is 21.4 Å². The molecule has 0 atom stereocenters. The molecule has 1 amide bonds. The van der Waals surface area contributed by atoms with Gasteiger partial charge in [-0.1, -0.05) is 23.8 Å². The Hall–Kier alpha value is -3.39. The van der Waals surface area contributed by atoms with Gasteiger partial charge >= 0.3 is 0 Å². The standard InChI is InChI=1S/C23H25N3O4S/c1-17-4-7-20(8-5-17)26(16-23(27)25-15-19-10-12-24-13-11-19)31(28,29)22-14-18(2)6-9-21(22)30-3/h4-14H,15-16H2,1-3H3,(H,25,27). The van der Waals surface area contributed by atoms with Crippen molar-refractivity contribution >= 4 is 21.6 Å². The maximum absolute atomic E-state index is 13.6. The average Bonchev–Trinajstić information content (AvgIpc) is 2.77. The van der Waals surface area contributed by atoms with E-state index < -0.39 is 15.9 Å². The number of aryl methyl sites for hydroxylation is 2. The lowest BCUT2D eigenvalue weighted by atomic mass is 10.2. The zero-order valence-corrected chi connectivity index (χ0v) is 18.5. The number of carbonyl (C=O) groups excluding carboxylic acids is 1. The maximum Gasteiger partial charge on any atom is 0.268 e. The number of ether oxygens (including phenoxy) is 1. The number of pyridine rings is 1. The molecule has 0 fully saturated rings. The lowest BCUT2D eigenvalue weighted by molar-refractivity contribution is -0.119. The van der Waals surface area contributed by atoms with Crippen molar-refractivity contribution in [2.45, 2.75) is 25.3 Å². The number of nitrogens with one attached hydrogen (secondary N) is 1. The van der Waals surface area contributed by atoms with Crippen LogP contribution in [-0.4, -0.2) is 33.0 Å². The molecule has 1 N–H and O–H groups in total. The Labute approximate surface area is 182 Å². The third kappa shape index (κ3) is 5.40. The van der Waals surface area contributed by atoms with Crippen LogP contribution in [0.5, 0.6) is 5.75 Å². The van der Waals surface area contributed by atoms with Crippen LogP contribution in [0.15, 0.2) is 71.9 Å². The molecule has 7 nitrogen and oxygen atoms in total. The van der Waals surface area contributed by atoms with Crippen molar-refractivity contribution in [1.29, 1.82) is 0 Å². The number of rotatable bonds is 8. The van der Waals surface area contributed by atoms with Gasteiger partial charge in [0.2, 0.25) is 5.91 Å². The summed E-state index contributed by atoms with van der Waals surface area (Å²) in [5.74, 6) is -0.201. The third-order valence-corrected chi connectivity index (χ3v) is 6.53. The van der Waals surface area contributed by atoms with Crippen molar-refractivity contribution in [2.24, 2.45) is 0 Å². The largest absolute Gasteiger partial charge is 0.495 e. The summed E-state index contributed by atoms with van der Waals surface area (Å²) >= 11 is 0. The van der Waals surface area contributed by atoms with E-state index in [1.54, 1.807) is 73.9 Å². The van der Waals surface area contributed by atoms with E-state index in [1.807, 2.05) is 6.92 Å². The lowest BCUT2D eigenvalue weighted by Gasteiger charge is -2.25. The molecule has 0 aliphatic carbocycles. The molecule has 0 spiro atoms. The van der Waals surface area contributed by atoms with E-state index in [2.05, 4.69) is 10.3 Å². The van der Waals surface area contributed by atoms with Gasteiger partial charge in [-0.25, -0.2) is 8.42 Å². The quantitative estimate of drug-likeness (QED) is 0.582. The molecule has 1 aromatic heterocycles. The highest BCUT2D eigenvalue weighted by molar-refractivity contribution is 7.93. The number of hydrogen-bond acceptors (Lipinski definition) is 5. The Morgan fingerprint density at radius 2 is 1.65 bits per heavy atom. The zero-order valence-electron chi connectivity index (χ0n) is 17.7. The summed E-state index contributed by atoms with van der Waals surface area (Å²) in [5.41, 5.74) is 3.02. The highest BCUT2D eigenvalue weighted by Gasteiger charge is 2.30. The Balaban J connectivity index is 1.94. The van der Waals surface area contributed by atoms with Crippen LogP contribution < -0.4 is 14.4 Å². The first-order valence-electron chi connectivity index (χ1n) is 9.71. The fraction of sp³-hybridized carbons (Fsp3) is 0.217. The molecule has 0 bridgehead atoms. The number of amides is 1. The number of methoxy groups -OCH3 is 1. The molecule has 1 heterocycles. The average molecular weight is 440 g/mol. The molecule has 3 aromatic rings. The molecule has 31 heavy (non-hydrogen) atoms. The minimum atomic E-state index is -4.07. The highest BCUT2D eigenvalue weighted by atomic mass is 32.2. The number of sulfonamides is 1. The predicted octanol–water partition coefficient (Wildman–Crippen LogP) is 3.22. The van der Waals surface area contributed by atoms with Crippen LogP contribution in [0.3, 0.4) is 0 Å². The van der Waals surface area contributed by atoms with E-state index in [-0.39, 0.29) is 23.7 Å². The number of anilines is 1. The summed E-state index contributed by atoms with van der Waals surface area (Å²) in [6.07, 6.45) is 3.27. The Morgan fingerprint density at radius 1 is 1.00 bits per heavy atom. The summed E-state index contributed by atoms with van der Waals surface area (Å²) in [7, 11) is -2.65. The molecular weight excluding hydrogens is 414 g/mol. The molecule has 8 heteroatoms. The monoisotopic (exact) mass is 439 g/mol. The second-order valence-electron chi connectivity index (χ2n) is 7.13. The first-order valence-corrected chi connectivity index (χ1v) is 11.1. The number of aromatic nitrogens is 1. The third-order valence-electron chi connectivity index (χ3n) is 4.74. The number of carbonyl (C=O) groups is 1. The van der Waals surface area contributed by atoms with Crippen molar-refractivity contribution in [3.05, 3.63) is 83.7 Å². The van der Waals surface area contributed by atoms with Crippen molar-refractivity contribution < 1.29 is 17.9 Å². The summed E-state index contributed by atoms with van der Waals surface area (Å²) < 4.78 is 33.6. The molecule has 0 aliphatic rings. The van der Waals surface area contributed by atoms with Gasteiger partial charge in [0.25, 0.3) is 10.0 Å². The van der Waals surface area contributed by atoms with Gasteiger partial charge in [-0.05, 0) is 61.4 Å². The fourth-order valence-corrected chi connectivity index (χ4v) is 4.68. The summed E-state index contributed by atoms with van der Waals surface area (Å²) in [6.45, 7) is 3.62. The van der Waals surface area contributed by atoms with Gasteiger partial charge in [0, 0.05) is 18.9 Å². The van der Waals surface area contributed by atoms with E-state index in [9.17, 15) is 13.2 Å². The molecule has 2 aromatic carbocycles. The first kappa shape index (κ1) is 22.3. The second kappa shape index (κ2) is 9.61. The molecule has 0 unspecified atom stereocenters. The molecule has 162 valence electrons. The van der Waals surface area contributed by atoms with Gasteiger partial charge in [0.05, 0.1) is 12.8 Å². The van der Waals surface area contributed by atoms with Crippen LogP contribution in [0.4, 0.5) is 5.69 Å². The Bertz CT molecular complexity index is 1150. The molecule has 0 radical (unpaired) electrons. The van der Waals surface area contributed by atoms with Crippen LogP contribution in [0.2, 0.25) is 0 Å². The minimum Gasteiger partial charge on any atom is -0.495 e. The Kier molecular flexibility index (Phi) is 6.91. The van der Waals surface area contributed by atoms with E-state index in [0.717, 1.165) is 21.0 Å². The van der Waals surface area contributed by atoms with Gasteiger partial charge in [0.1, 0.15) is 17.2 Å². The highest BCUT2D eigenvalue weighted by Crippen LogP contribution is 2.31. The zero-order chi connectivity index (χ0) is 22.4. The molecule has 0 saturated heterocycles. The van der Waals surface area contributed by atoms with E-state index in [0.29, 0.717) is 5.69 Å². The lowest BCUT2D eigenvalue weighted by Crippen LogP contribution is -2.40. The topological polar surface area (TPSA) is 88.6 Å². The van der Waals surface area contributed by atoms with Crippen LogP contribution >= 0.6 is 0 Å². The van der Waals surface area contributed by atoms with Crippen LogP contribution in [0.1, 0.15) is 16.7 Å². The van der Waals surface area contributed by atoms with E-state index in [4.69, 9.17) is 4.74 Å². The van der Waals surface area contributed by atoms with Gasteiger partial charge in [-0.2, -0.15) is 0 Å². The SMILES string of the molecule is COc1ccc(C)cc1S(=O)(=O)N(CC(=O)NCc1ccncc1)c1ccc(C)cc1. The van der Waals surface area contributed by atoms with Crippen molar-refractivity contribution in [1.82, 2.24) is 10.3 Å². The van der Waals surface area contributed by atoms with Crippen molar-refractivity contribution in [3.8, 4) is 5.75 Å². The van der Waals surface area contributed by atoms with Gasteiger partial charge in [-0.3, -0.25) is 14.1 Å². The number of nitrogens with zero attached hydrogens (tertiary/aromatic N) is 2.